The van der Waals surface area contributed by atoms with E-state index >= 15 is 0 Å². The largest absolute Gasteiger partial charge is 0.395 e. The van der Waals surface area contributed by atoms with E-state index in [0.717, 1.165) is 17.0 Å². The molecule has 2 aliphatic carbocycles. The minimum Gasteiger partial charge on any atom is -0.369 e. The average Bonchev–Trinajstić information content (AvgIpc) is 3.53. The van der Waals surface area contributed by atoms with Crippen molar-refractivity contribution in [2.45, 2.75) is 63.0 Å². The second-order valence-corrected chi connectivity index (χ2v) is 14.5. The van der Waals surface area contributed by atoms with Gasteiger partial charge in [0.1, 0.15) is 10.8 Å². The lowest BCUT2D eigenvalue weighted by Gasteiger charge is -2.35. The Morgan fingerprint density at radius 3 is 2.35 bits per heavy atom. The van der Waals surface area contributed by atoms with Crippen LogP contribution in [0.1, 0.15) is 55.1 Å². The number of halogens is 5. The number of carbonyl (C=O) groups excluding carboxylic acids is 1. The van der Waals surface area contributed by atoms with Crippen LogP contribution in [0.25, 0.3) is 10.4 Å². The van der Waals surface area contributed by atoms with E-state index < -0.39 is 64.2 Å². The fourth-order valence-electron chi connectivity index (χ4n) is 5.62. The number of benzene rings is 1. The first-order chi connectivity index (χ1) is 18.7. The Bertz CT molecular complexity index is 1410. The SMILES string of the molecule is N#CC1(CC(=O)[C@@H]2CC(F)(F)CC[C@H]2c2nc(CC(F)(F)F)sc2-c2ccc(N3CCS(=O)(=O)CC3)cc2)CC1. The summed E-state index contributed by atoms with van der Waals surface area (Å²) in [6.07, 6.45) is -6.23. The zero-order valence-electron chi connectivity index (χ0n) is 21.5. The highest BCUT2D eigenvalue weighted by Gasteiger charge is 2.51. The molecule has 1 aliphatic heterocycles. The Morgan fingerprint density at radius 2 is 1.77 bits per heavy atom. The van der Waals surface area contributed by atoms with Crippen LogP contribution in [-0.4, -0.2) is 55.9 Å². The van der Waals surface area contributed by atoms with E-state index in [0.29, 0.717) is 36.4 Å². The quantitative estimate of drug-likeness (QED) is 0.366. The van der Waals surface area contributed by atoms with Crippen molar-refractivity contribution in [3.8, 4) is 16.5 Å². The van der Waals surface area contributed by atoms with Gasteiger partial charge in [0.2, 0.25) is 5.92 Å². The third-order valence-corrected chi connectivity index (χ3v) is 10.8. The fourth-order valence-corrected chi connectivity index (χ4v) is 7.99. The molecule has 2 atom stereocenters. The lowest BCUT2D eigenvalue weighted by molar-refractivity contribution is -0.132. The van der Waals surface area contributed by atoms with E-state index in [1.54, 1.807) is 24.3 Å². The normalized spacial score (nSPS) is 25.2. The number of anilines is 1. The molecular formula is C27H28F5N3O3S2. The summed E-state index contributed by atoms with van der Waals surface area (Å²) in [4.78, 5) is 19.9. The topological polar surface area (TPSA) is 91.1 Å². The van der Waals surface area contributed by atoms with Crippen molar-refractivity contribution in [2.24, 2.45) is 11.3 Å². The van der Waals surface area contributed by atoms with Gasteiger partial charge in [0, 0.05) is 49.9 Å². The van der Waals surface area contributed by atoms with Gasteiger partial charge in [-0.05, 0) is 37.0 Å². The lowest BCUT2D eigenvalue weighted by Crippen LogP contribution is -2.40. The van der Waals surface area contributed by atoms with Crippen molar-refractivity contribution in [1.82, 2.24) is 4.98 Å². The Balaban J connectivity index is 1.48. The number of nitrogens with zero attached hydrogens (tertiary/aromatic N) is 3. The van der Waals surface area contributed by atoms with Crippen molar-refractivity contribution in [1.29, 1.82) is 5.26 Å². The molecule has 0 amide bonds. The van der Waals surface area contributed by atoms with Crippen LogP contribution in [0.5, 0.6) is 0 Å². The van der Waals surface area contributed by atoms with Gasteiger partial charge in [-0.25, -0.2) is 22.2 Å². The van der Waals surface area contributed by atoms with Crippen molar-refractivity contribution in [2.75, 3.05) is 29.5 Å². The Labute approximate surface area is 233 Å². The third kappa shape index (κ3) is 6.48. The summed E-state index contributed by atoms with van der Waals surface area (Å²) in [6.45, 7) is 0.654. The third-order valence-electron chi connectivity index (χ3n) is 8.08. The Morgan fingerprint density at radius 1 is 1.12 bits per heavy atom. The van der Waals surface area contributed by atoms with Gasteiger partial charge < -0.3 is 4.90 Å². The van der Waals surface area contributed by atoms with Crippen molar-refractivity contribution in [3.05, 3.63) is 35.0 Å². The first-order valence-electron chi connectivity index (χ1n) is 13.1. The molecule has 1 aromatic heterocycles. The Hall–Kier alpha value is -2.59. The van der Waals surface area contributed by atoms with Crippen LogP contribution in [-0.2, 0) is 21.1 Å². The molecule has 3 fully saturated rings. The molecule has 3 aliphatic rings. The van der Waals surface area contributed by atoms with E-state index in [4.69, 9.17) is 0 Å². The second kappa shape index (κ2) is 10.4. The van der Waals surface area contributed by atoms with Crippen LogP contribution in [0.2, 0.25) is 0 Å². The molecule has 2 aromatic rings. The van der Waals surface area contributed by atoms with Crippen molar-refractivity contribution >= 4 is 32.6 Å². The molecule has 1 aromatic carbocycles. The monoisotopic (exact) mass is 601 g/mol. The zero-order valence-corrected chi connectivity index (χ0v) is 23.1. The van der Waals surface area contributed by atoms with E-state index in [1.807, 2.05) is 4.90 Å². The molecule has 40 heavy (non-hydrogen) atoms. The van der Waals surface area contributed by atoms with E-state index in [-0.39, 0.29) is 35.0 Å². The number of Topliss-reactive ketones (excluding diaryl/α,β-unsaturated/α-hetero) is 1. The maximum Gasteiger partial charge on any atom is 0.395 e. The van der Waals surface area contributed by atoms with Gasteiger partial charge in [-0.2, -0.15) is 18.4 Å². The molecule has 0 radical (unpaired) electrons. The minimum atomic E-state index is -4.52. The molecule has 1 saturated heterocycles. The number of hydrogen-bond acceptors (Lipinski definition) is 7. The molecule has 216 valence electrons. The van der Waals surface area contributed by atoms with Crippen molar-refractivity contribution < 1.29 is 35.2 Å². The predicted octanol–water partition coefficient (Wildman–Crippen LogP) is 5.93. The summed E-state index contributed by atoms with van der Waals surface area (Å²) in [5.41, 5.74) is 0.701. The number of thiazole rings is 1. The predicted molar refractivity (Wildman–Crippen MR) is 140 cm³/mol. The number of ketones is 1. The molecule has 2 saturated carbocycles. The maximum absolute atomic E-state index is 14.5. The van der Waals surface area contributed by atoms with Crippen LogP contribution in [0.15, 0.2) is 24.3 Å². The summed E-state index contributed by atoms with van der Waals surface area (Å²) in [7, 11) is -3.07. The van der Waals surface area contributed by atoms with E-state index in [1.165, 1.54) is 0 Å². The van der Waals surface area contributed by atoms with Gasteiger partial charge in [-0.3, -0.25) is 4.79 Å². The van der Waals surface area contributed by atoms with Gasteiger partial charge >= 0.3 is 6.18 Å². The maximum atomic E-state index is 14.5. The van der Waals surface area contributed by atoms with Gasteiger partial charge in [-0.15, -0.1) is 11.3 Å². The molecule has 5 rings (SSSR count). The van der Waals surface area contributed by atoms with Crippen LogP contribution < -0.4 is 4.90 Å². The van der Waals surface area contributed by atoms with Crippen LogP contribution >= 0.6 is 11.3 Å². The standard InChI is InChI=1S/C27H28F5N3O3S2/c28-26(29)6-5-19(20(13-26)21(36)14-25(16-33)7-8-25)23-24(39-22(34-23)15-27(30,31)32)17-1-3-18(4-2-17)35-9-11-40(37,38)12-10-35/h1-4,19-20H,5-15H2/t19-,20-/m1/s1. The van der Waals surface area contributed by atoms with Gasteiger partial charge in [0.25, 0.3) is 0 Å². The van der Waals surface area contributed by atoms with Crippen LogP contribution in [0.4, 0.5) is 27.6 Å². The summed E-state index contributed by atoms with van der Waals surface area (Å²) in [5.74, 6) is -5.43. The minimum absolute atomic E-state index is 0.0311. The fraction of sp³-hybridized carbons (Fsp3) is 0.593. The van der Waals surface area contributed by atoms with E-state index in [9.17, 15) is 40.4 Å². The molecular weight excluding hydrogens is 573 g/mol. The van der Waals surface area contributed by atoms with Gasteiger partial charge in [0.05, 0.1) is 40.0 Å². The average molecular weight is 602 g/mol. The number of hydrogen-bond donors (Lipinski definition) is 0. The summed E-state index contributed by atoms with van der Waals surface area (Å²) in [5, 5.41) is 9.23. The van der Waals surface area contributed by atoms with Crippen LogP contribution in [0.3, 0.4) is 0 Å². The van der Waals surface area contributed by atoms with Gasteiger partial charge in [0.15, 0.2) is 9.84 Å². The summed E-state index contributed by atoms with van der Waals surface area (Å²) in [6, 6.07) is 9.03. The highest BCUT2D eigenvalue weighted by Crippen LogP contribution is 2.53. The number of carbonyl (C=O) groups is 1. The number of nitriles is 1. The molecule has 0 bridgehead atoms. The number of aromatic nitrogens is 1. The number of sulfone groups is 1. The lowest BCUT2D eigenvalue weighted by atomic mass is 9.71. The van der Waals surface area contributed by atoms with E-state index in [2.05, 4.69) is 11.1 Å². The molecule has 0 N–H and O–H groups in total. The number of rotatable bonds is 7. The molecule has 0 unspecified atom stereocenters. The molecule has 13 heteroatoms. The van der Waals surface area contributed by atoms with Gasteiger partial charge in [-0.1, -0.05) is 12.1 Å². The second-order valence-electron chi connectivity index (χ2n) is 11.1. The molecule has 6 nitrogen and oxygen atoms in total. The molecule has 0 spiro atoms. The molecule has 2 heterocycles. The highest BCUT2D eigenvalue weighted by molar-refractivity contribution is 7.91. The summed E-state index contributed by atoms with van der Waals surface area (Å²) >= 11 is 0.843. The summed E-state index contributed by atoms with van der Waals surface area (Å²) < 4.78 is 92.5. The van der Waals surface area contributed by atoms with Crippen LogP contribution in [0, 0.1) is 22.7 Å². The first kappa shape index (κ1) is 28.9. The Kier molecular flexibility index (Phi) is 7.48. The smallest absolute Gasteiger partial charge is 0.369 e. The zero-order chi connectivity index (χ0) is 28.9. The highest BCUT2D eigenvalue weighted by atomic mass is 32.2. The van der Waals surface area contributed by atoms with Crippen molar-refractivity contribution in [3.63, 3.8) is 0 Å². The first-order valence-corrected chi connectivity index (χ1v) is 15.8. The number of alkyl halides is 5.